The van der Waals surface area contributed by atoms with E-state index in [1.54, 1.807) is 49.5 Å². The zero-order valence-corrected chi connectivity index (χ0v) is 44.6. The van der Waals surface area contributed by atoms with Crippen molar-refractivity contribution in [3.05, 3.63) is 255 Å². The Hall–Kier alpha value is -7.40. The molecule has 1 fully saturated rings. The zero-order chi connectivity index (χ0) is 52.0. The number of piperidine rings is 1. The van der Waals surface area contributed by atoms with Crippen LogP contribution in [-0.4, -0.2) is 83.3 Å². The Morgan fingerprint density at radius 3 is 1.83 bits per heavy atom. The molecule has 0 saturated carbocycles. The number of hydrogen-bond donors (Lipinski definition) is 4. The minimum absolute atomic E-state index is 0.123. The fourth-order valence-corrected chi connectivity index (χ4v) is 10.4. The van der Waals surface area contributed by atoms with Crippen LogP contribution >= 0.6 is 9.64 Å². The first-order chi connectivity index (χ1) is 36.9. The monoisotopic (exact) mass is 1200 g/mol. The van der Waals surface area contributed by atoms with Gasteiger partial charge in [-0.15, -0.1) is 0 Å². The van der Waals surface area contributed by atoms with E-state index in [0.29, 0.717) is 61.4 Å². The van der Waals surface area contributed by atoms with Crippen molar-refractivity contribution in [2.75, 3.05) is 33.3 Å². The Bertz CT molecular complexity index is 2900. The second kappa shape index (κ2) is 25.2. The molecule has 0 radical (unpaired) electrons. The third-order valence-corrected chi connectivity index (χ3v) is 14.0. The number of H-pyrrole nitrogens is 1. The zero-order valence-electron chi connectivity index (χ0n) is 41.3. The Morgan fingerprint density at radius 1 is 0.773 bits per heavy atom. The first-order valence-corrected chi connectivity index (χ1v) is 28.1. The fraction of sp³-hybridized carbons (Fsp3) is 0.237. The van der Waals surface area contributed by atoms with Gasteiger partial charge in [-0.3, -0.25) is 9.59 Å². The van der Waals surface area contributed by atoms with E-state index in [2.05, 4.69) is 75.6 Å². The molecule has 1 aromatic heterocycles. The van der Waals surface area contributed by atoms with Crippen LogP contribution in [0.1, 0.15) is 50.4 Å². The topological polar surface area (TPSA) is 185 Å². The number of aromatic nitrogens is 2. The van der Waals surface area contributed by atoms with E-state index < -0.39 is 6.10 Å². The molecule has 4 aromatic rings. The maximum atomic E-state index is 12.9. The molecule has 1 spiro atoms. The van der Waals surface area contributed by atoms with E-state index in [1.165, 1.54) is 28.7 Å². The van der Waals surface area contributed by atoms with Crippen molar-refractivity contribution in [3.8, 4) is 22.6 Å². The van der Waals surface area contributed by atoms with Gasteiger partial charge in [0, 0.05) is 65.5 Å². The third kappa shape index (κ3) is 12.1. The van der Waals surface area contributed by atoms with Crippen LogP contribution in [0, 0.1) is 5.92 Å². The van der Waals surface area contributed by atoms with Crippen LogP contribution in [0.25, 0.3) is 32.4 Å². The van der Waals surface area contributed by atoms with Crippen molar-refractivity contribution in [2.45, 2.75) is 49.3 Å². The number of allylic oxidation sites excluding steroid dienone is 12. The van der Waals surface area contributed by atoms with Crippen LogP contribution in [0.4, 0.5) is 0 Å². The summed E-state index contributed by atoms with van der Waals surface area (Å²) in [5, 5.41) is 33.6. The Balaban J connectivity index is 0.000000214. The van der Waals surface area contributed by atoms with Gasteiger partial charge in [-0.2, -0.15) is 47.6 Å². The molecule has 6 aliphatic heterocycles. The predicted octanol–water partition coefficient (Wildman–Crippen LogP) is 11.0. The molecule has 4 N–H and O–H groups in total. The number of aliphatic hydroxyl groups is 1. The van der Waals surface area contributed by atoms with Crippen LogP contribution in [-0.2, 0) is 35.9 Å². The predicted molar refractivity (Wildman–Crippen MR) is 291 cm³/mol. The average Bonchev–Trinajstić information content (AvgIpc) is 4.15. The molecule has 14 nitrogen and oxygen atoms in total. The summed E-state index contributed by atoms with van der Waals surface area (Å²) in [6, 6.07) is 19.5. The normalized spacial score (nSPS) is 24.2. The van der Waals surface area contributed by atoms with Crippen molar-refractivity contribution >= 4 is 21.5 Å². The molecule has 16 heteroatoms. The maximum absolute atomic E-state index is 12.9. The van der Waals surface area contributed by atoms with E-state index >= 15 is 0 Å². The second-order valence-electron chi connectivity index (χ2n) is 18.5. The van der Waals surface area contributed by atoms with E-state index in [1.807, 2.05) is 121 Å². The molecule has 5 atom stereocenters. The van der Waals surface area contributed by atoms with Gasteiger partial charge in [-0.25, -0.2) is 4.98 Å². The first-order valence-electron chi connectivity index (χ1n) is 24.9. The van der Waals surface area contributed by atoms with Crippen LogP contribution in [0.3, 0.4) is 0 Å². The van der Waals surface area contributed by atoms with E-state index in [4.69, 9.17) is 9.47 Å². The molecule has 75 heavy (non-hydrogen) atoms. The number of ether oxygens (including phenoxy) is 2. The summed E-state index contributed by atoms with van der Waals surface area (Å²) in [6.45, 7) is 2.40. The summed E-state index contributed by atoms with van der Waals surface area (Å²) in [5.74, 6) is 1.56. The standard InChI is InChI=1S/C39H41N5O5.2C10H8N2.ClH.Os/c1-44-19-16-39-30-12-13-32(45)36(39)49-35-33(14-11-28(34(35)39)21-31(30)44)48-20-2-17-41-37(46)26-7-3-24(4-8-26)25-5-9-27(10-6-25)38(47)42-18-15-29-22-40-23-43-29;2*1-3-7-11-9(5-1)10-6-2-4-8-12-10;;/h3-14,22-23,30-32,36,45H,2,15-21H2,1H3,(H,40,43)(H,41,46)(H,42,47);2*1-8H;1H;/q;2*-2;;+1/p-1/t30?,31-,32?,36+,39+;;;;/m1..../s1. The van der Waals surface area contributed by atoms with Gasteiger partial charge in [-0.1, -0.05) is 115 Å². The molecule has 387 valence electrons. The fourth-order valence-electron chi connectivity index (χ4n) is 10.4. The third-order valence-electron chi connectivity index (χ3n) is 14.0. The Labute approximate surface area is 452 Å². The van der Waals surface area contributed by atoms with E-state index in [-0.39, 0.29) is 23.3 Å². The van der Waals surface area contributed by atoms with Crippen molar-refractivity contribution < 1.29 is 41.8 Å². The number of nitrogens with zero attached hydrogens (tertiary/aromatic N) is 6. The number of halogens is 1. The number of benzene rings is 3. The number of hydrogen-bond acceptors (Lipinski definition) is 7. The number of aromatic amines is 1. The van der Waals surface area contributed by atoms with Crippen molar-refractivity contribution in [1.82, 2.24) is 25.5 Å². The quantitative estimate of drug-likeness (QED) is 0.0850. The average molecular weight is 1200 g/mol. The number of likely N-dealkylation sites (tertiary alicyclic amines) is 1. The number of carbonyl (C=O) groups is 2. The molecule has 3 aromatic carbocycles. The van der Waals surface area contributed by atoms with Gasteiger partial charge in [0.05, 0.1) is 12.9 Å². The number of amides is 2. The summed E-state index contributed by atoms with van der Waals surface area (Å²) < 4.78 is 12.8. The molecular weight excluding hydrogens is 1140 g/mol. The van der Waals surface area contributed by atoms with E-state index in [0.717, 1.165) is 64.7 Å². The minimum atomic E-state index is -0.640. The second-order valence-corrected chi connectivity index (χ2v) is 18.5. The first kappa shape index (κ1) is 52.5. The van der Waals surface area contributed by atoms with Crippen molar-refractivity contribution in [2.24, 2.45) is 5.92 Å². The van der Waals surface area contributed by atoms with Gasteiger partial charge < -0.3 is 56.4 Å². The molecule has 1 saturated heterocycles. The summed E-state index contributed by atoms with van der Waals surface area (Å²) in [7, 11) is 6.87. The molecule has 2 aliphatic carbocycles. The van der Waals surface area contributed by atoms with Gasteiger partial charge in [0.25, 0.3) is 11.8 Å². The number of likely N-dealkylation sites (N-methyl/N-ethyl adjacent to an activating group) is 1. The number of nitrogens with one attached hydrogen (secondary N) is 3. The number of carbonyl (C=O) groups excluding carboxylic acids is 2. The molecule has 2 unspecified atom stereocenters. The van der Waals surface area contributed by atoms with Crippen molar-refractivity contribution in [3.63, 3.8) is 0 Å². The molecule has 12 rings (SSSR count). The Kier molecular flexibility index (Phi) is 17.6. The van der Waals surface area contributed by atoms with Crippen LogP contribution in [0.2, 0.25) is 0 Å². The summed E-state index contributed by atoms with van der Waals surface area (Å²) >= 11 is 1.33. The number of imidazole rings is 1. The molecular formula is C59H57ClN9O5Os-4. The Morgan fingerprint density at radius 2 is 1.32 bits per heavy atom. The van der Waals surface area contributed by atoms with Crippen LogP contribution < -0.4 is 20.1 Å². The molecule has 2 amide bonds. The molecule has 8 aliphatic rings. The number of aliphatic hydroxyl groups excluding tert-OH is 1. The van der Waals surface area contributed by atoms with Gasteiger partial charge in [0.2, 0.25) is 0 Å². The van der Waals surface area contributed by atoms with E-state index in [9.17, 15) is 14.7 Å². The summed E-state index contributed by atoms with van der Waals surface area (Å²) in [4.78, 5) is 34.9. The van der Waals surface area contributed by atoms with Crippen LogP contribution in [0.5, 0.6) is 11.5 Å². The number of rotatable bonds is 11. The van der Waals surface area contributed by atoms with Crippen LogP contribution in [0.15, 0.2) is 206 Å². The van der Waals surface area contributed by atoms with Gasteiger partial charge in [0.15, 0.2) is 11.5 Å². The van der Waals surface area contributed by atoms with Gasteiger partial charge in [0.1, 0.15) is 12.2 Å². The van der Waals surface area contributed by atoms with Crippen molar-refractivity contribution in [1.29, 1.82) is 0 Å². The summed E-state index contributed by atoms with van der Waals surface area (Å²) in [6.07, 6.45) is 40.1. The molecule has 2 bridgehead atoms. The van der Waals surface area contributed by atoms with Gasteiger partial charge >= 0.3 is 27.2 Å². The van der Waals surface area contributed by atoms with Gasteiger partial charge in [-0.05, 0) is 79.9 Å². The SMILES string of the molecule is C1=C[N-]C(=C2C=CC=C[N-]2)C=C1.C1=C[N-]C(=C2C=CC=C[N-]2)C=C1.CN1CC[C@]23c4c5ccc(OCCCNC(=O)c6ccc(-c7ccc(C(=O)NCCc8cnc[nH]8)cc7)cc6)c4O[C@H]2C(O)C=CC3[C@H]1C5.[Cl][Os]. The molecule has 7 heterocycles. The summed E-state index contributed by atoms with van der Waals surface area (Å²) in [5.41, 5.74) is 10.1.